The zero-order valence-corrected chi connectivity index (χ0v) is 10.9. The van der Waals surface area contributed by atoms with Crippen LogP contribution in [0.4, 0.5) is 5.69 Å². The Kier molecular flexibility index (Phi) is 4.45. The van der Waals surface area contributed by atoms with Crippen LogP contribution in [-0.4, -0.2) is 19.6 Å². The smallest absolute Gasteiger partial charge is 0.193 e. The highest BCUT2D eigenvalue weighted by Gasteiger charge is 2.16. The molecule has 0 amide bonds. The lowest BCUT2D eigenvalue weighted by molar-refractivity contribution is 0.300. The van der Waals surface area contributed by atoms with Crippen molar-refractivity contribution < 1.29 is 4.74 Å². The summed E-state index contributed by atoms with van der Waals surface area (Å²) in [5.41, 5.74) is 6.74. The maximum absolute atomic E-state index is 5.84. The number of hydrogen-bond acceptors (Lipinski definition) is 2. The summed E-state index contributed by atoms with van der Waals surface area (Å²) in [6.07, 6.45) is 5.25. The van der Waals surface area contributed by atoms with Crippen LogP contribution in [-0.2, 0) is 0 Å². The maximum atomic E-state index is 5.84. The predicted molar refractivity (Wildman–Crippen MR) is 75.1 cm³/mol. The van der Waals surface area contributed by atoms with Gasteiger partial charge in [-0.15, -0.1) is 0 Å². The number of benzene rings is 1. The average molecular weight is 247 g/mol. The topological polar surface area (TPSA) is 59.6 Å². The minimum absolute atomic E-state index is 0.475. The van der Waals surface area contributed by atoms with Crippen LogP contribution in [0.2, 0.25) is 0 Å². The van der Waals surface area contributed by atoms with Crippen molar-refractivity contribution in [2.45, 2.75) is 25.7 Å². The van der Waals surface area contributed by atoms with E-state index in [1.54, 1.807) is 7.11 Å². The fourth-order valence-corrected chi connectivity index (χ4v) is 2.04. The van der Waals surface area contributed by atoms with Crippen LogP contribution < -0.4 is 15.8 Å². The molecular formula is C14H21N3O. The molecule has 0 atom stereocenters. The van der Waals surface area contributed by atoms with Gasteiger partial charge in [-0.2, -0.15) is 0 Å². The molecule has 4 heteroatoms. The van der Waals surface area contributed by atoms with Gasteiger partial charge in [-0.3, -0.25) is 4.99 Å². The summed E-state index contributed by atoms with van der Waals surface area (Å²) in [5, 5.41) is 3.07. The average Bonchev–Trinajstić information content (AvgIpc) is 2.32. The molecule has 18 heavy (non-hydrogen) atoms. The third kappa shape index (κ3) is 3.65. The van der Waals surface area contributed by atoms with Gasteiger partial charge in [0.15, 0.2) is 5.96 Å². The van der Waals surface area contributed by atoms with Crippen molar-refractivity contribution in [3.05, 3.63) is 24.3 Å². The molecule has 0 heterocycles. The van der Waals surface area contributed by atoms with Crippen molar-refractivity contribution in [3.63, 3.8) is 0 Å². The fraction of sp³-hybridized carbons (Fsp3) is 0.500. The van der Waals surface area contributed by atoms with E-state index in [-0.39, 0.29) is 0 Å². The van der Waals surface area contributed by atoms with Gasteiger partial charge in [-0.05, 0) is 24.5 Å². The third-order valence-electron chi connectivity index (χ3n) is 3.39. The number of rotatable bonds is 5. The van der Waals surface area contributed by atoms with Crippen LogP contribution in [0, 0.1) is 5.92 Å². The van der Waals surface area contributed by atoms with E-state index < -0.39 is 0 Å². The Balaban J connectivity index is 1.80. The van der Waals surface area contributed by atoms with E-state index in [1.807, 2.05) is 24.3 Å². The summed E-state index contributed by atoms with van der Waals surface area (Å²) < 4.78 is 5.15. The number of methoxy groups -OCH3 is 1. The van der Waals surface area contributed by atoms with Gasteiger partial charge in [0.2, 0.25) is 0 Å². The molecule has 1 fully saturated rings. The lowest BCUT2D eigenvalue weighted by Gasteiger charge is -2.24. The van der Waals surface area contributed by atoms with Gasteiger partial charge in [0.05, 0.1) is 7.11 Å². The number of nitrogens with zero attached hydrogens (tertiary/aromatic N) is 1. The molecule has 98 valence electrons. The van der Waals surface area contributed by atoms with E-state index >= 15 is 0 Å². The molecule has 0 radical (unpaired) electrons. The Hall–Kier alpha value is -1.71. The molecule has 0 saturated heterocycles. The molecule has 3 N–H and O–H groups in total. The minimum Gasteiger partial charge on any atom is -0.497 e. The summed E-state index contributed by atoms with van der Waals surface area (Å²) >= 11 is 0. The van der Waals surface area contributed by atoms with Crippen molar-refractivity contribution in [2.24, 2.45) is 16.6 Å². The number of guanidine groups is 1. The van der Waals surface area contributed by atoms with E-state index in [2.05, 4.69) is 10.3 Å². The van der Waals surface area contributed by atoms with Gasteiger partial charge in [0.1, 0.15) is 5.75 Å². The van der Waals surface area contributed by atoms with E-state index in [9.17, 15) is 0 Å². The highest BCUT2D eigenvalue weighted by atomic mass is 16.5. The van der Waals surface area contributed by atoms with E-state index in [1.165, 1.54) is 19.3 Å². The van der Waals surface area contributed by atoms with Crippen molar-refractivity contribution in [1.82, 2.24) is 0 Å². The Morgan fingerprint density at radius 3 is 3.00 bits per heavy atom. The molecule has 2 rings (SSSR count). The largest absolute Gasteiger partial charge is 0.497 e. The molecule has 0 bridgehead atoms. The zero-order chi connectivity index (χ0) is 12.8. The van der Waals surface area contributed by atoms with Crippen LogP contribution in [0.15, 0.2) is 29.3 Å². The number of aliphatic imine (C=N–C) groups is 1. The fourth-order valence-electron chi connectivity index (χ4n) is 2.04. The lowest BCUT2D eigenvalue weighted by atomic mass is 9.83. The van der Waals surface area contributed by atoms with Gasteiger partial charge < -0.3 is 15.8 Å². The highest BCUT2D eigenvalue weighted by Crippen LogP contribution is 2.29. The number of anilines is 1. The van der Waals surface area contributed by atoms with Crippen LogP contribution in [0.1, 0.15) is 25.7 Å². The first-order chi connectivity index (χ1) is 8.78. The molecule has 1 aliphatic rings. The molecule has 1 aliphatic carbocycles. The quantitative estimate of drug-likeness (QED) is 0.621. The van der Waals surface area contributed by atoms with Crippen LogP contribution in [0.3, 0.4) is 0 Å². The van der Waals surface area contributed by atoms with Crippen LogP contribution in [0.5, 0.6) is 5.75 Å². The minimum atomic E-state index is 0.475. The van der Waals surface area contributed by atoms with E-state index in [4.69, 9.17) is 10.5 Å². The van der Waals surface area contributed by atoms with Crippen molar-refractivity contribution in [3.8, 4) is 5.75 Å². The van der Waals surface area contributed by atoms with Gasteiger partial charge in [-0.1, -0.05) is 25.3 Å². The van der Waals surface area contributed by atoms with E-state index in [0.717, 1.165) is 30.3 Å². The zero-order valence-electron chi connectivity index (χ0n) is 10.9. The summed E-state index contributed by atoms with van der Waals surface area (Å²) in [6, 6.07) is 7.66. The molecular weight excluding hydrogens is 226 g/mol. The Morgan fingerprint density at radius 2 is 2.33 bits per heavy atom. The second-order valence-corrected chi connectivity index (χ2v) is 4.71. The summed E-state index contributed by atoms with van der Waals surface area (Å²) in [7, 11) is 1.65. The van der Waals surface area contributed by atoms with Gasteiger partial charge in [0, 0.05) is 18.3 Å². The summed E-state index contributed by atoms with van der Waals surface area (Å²) in [4.78, 5) is 4.34. The Labute approximate surface area is 108 Å². The molecule has 4 nitrogen and oxygen atoms in total. The van der Waals surface area contributed by atoms with Crippen LogP contribution in [0.25, 0.3) is 0 Å². The number of nitrogens with two attached hydrogens (primary N) is 1. The number of hydrogen-bond donors (Lipinski definition) is 2. The molecule has 0 aromatic heterocycles. The van der Waals surface area contributed by atoms with Gasteiger partial charge in [-0.25, -0.2) is 0 Å². The molecule has 1 saturated carbocycles. The van der Waals surface area contributed by atoms with Crippen molar-refractivity contribution >= 4 is 11.6 Å². The summed E-state index contributed by atoms with van der Waals surface area (Å²) in [5.74, 6) is 2.16. The first kappa shape index (κ1) is 12.7. The highest BCUT2D eigenvalue weighted by molar-refractivity contribution is 5.92. The molecule has 1 aromatic rings. The Morgan fingerprint density at radius 1 is 1.50 bits per heavy atom. The number of nitrogens with one attached hydrogen (secondary N) is 1. The van der Waals surface area contributed by atoms with E-state index in [0.29, 0.717) is 5.96 Å². The first-order valence-corrected chi connectivity index (χ1v) is 6.49. The predicted octanol–water partition coefficient (Wildman–Crippen LogP) is 2.61. The Bertz CT molecular complexity index is 413. The lowest BCUT2D eigenvalue weighted by Crippen LogP contribution is -2.23. The maximum Gasteiger partial charge on any atom is 0.193 e. The molecule has 0 spiro atoms. The standard InChI is InChI=1S/C14H21N3O/c1-18-13-7-3-6-12(10-13)17-14(15)16-9-8-11-4-2-5-11/h3,6-7,10-11H,2,4-5,8-9H2,1H3,(H3,15,16,17). The normalized spacial score (nSPS) is 16.2. The van der Waals surface area contributed by atoms with Crippen LogP contribution >= 0.6 is 0 Å². The third-order valence-corrected chi connectivity index (χ3v) is 3.39. The second kappa shape index (κ2) is 6.28. The molecule has 0 aliphatic heterocycles. The molecule has 0 unspecified atom stereocenters. The van der Waals surface area contributed by atoms with Crippen molar-refractivity contribution in [1.29, 1.82) is 0 Å². The van der Waals surface area contributed by atoms with Gasteiger partial charge in [0.25, 0.3) is 0 Å². The summed E-state index contributed by atoms with van der Waals surface area (Å²) in [6.45, 7) is 0.813. The van der Waals surface area contributed by atoms with Gasteiger partial charge >= 0.3 is 0 Å². The molecule has 1 aromatic carbocycles. The monoisotopic (exact) mass is 247 g/mol. The number of ether oxygens (including phenoxy) is 1. The SMILES string of the molecule is COc1cccc(NC(N)=NCCC2CCC2)c1. The second-order valence-electron chi connectivity index (χ2n) is 4.71. The first-order valence-electron chi connectivity index (χ1n) is 6.49. The van der Waals surface area contributed by atoms with Crippen molar-refractivity contribution in [2.75, 3.05) is 19.0 Å².